The van der Waals surface area contributed by atoms with Crippen molar-refractivity contribution in [2.75, 3.05) is 6.54 Å². The number of rotatable bonds is 6. The smallest absolute Gasteiger partial charge is 0.237 e. The van der Waals surface area contributed by atoms with E-state index in [1.54, 1.807) is 0 Å². The Balaban J connectivity index is 2.18. The van der Waals surface area contributed by atoms with E-state index in [4.69, 9.17) is 0 Å². The fraction of sp³-hybridized carbons (Fsp3) is 0.875. The molecule has 1 unspecified atom stereocenters. The summed E-state index contributed by atoms with van der Waals surface area (Å²) in [5.74, 6) is 0.0491. The van der Waals surface area contributed by atoms with E-state index in [2.05, 4.69) is 16.0 Å². The molecule has 5 nitrogen and oxygen atoms in total. The lowest BCUT2D eigenvalue weighted by molar-refractivity contribution is -0.125. The second kappa shape index (κ2) is 8.37. The maximum atomic E-state index is 12.0. The summed E-state index contributed by atoms with van der Waals surface area (Å²) in [6.45, 7) is 8.23. The van der Waals surface area contributed by atoms with Crippen LogP contribution in [-0.2, 0) is 9.59 Å². The van der Waals surface area contributed by atoms with E-state index in [1.807, 2.05) is 27.7 Å². The van der Waals surface area contributed by atoms with E-state index in [0.29, 0.717) is 19.0 Å². The molecular formula is C16H31N3O2. The third-order valence-electron chi connectivity index (χ3n) is 3.66. The lowest BCUT2D eigenvalue weighted by Gasteiger charge is -2.25. The van der Waals surface area contributed by atoms with E-state index in [-0.39, 0.29) is 23.4 Å². The zero-order chi connectivity index (χ0) is 15.9. The number of carbonyl (C=O) groups is 2. The van der Waals surface area contributed by atoms with Gasteiger partial charge in [0.2, 0.25) is 11.8 Å². The molecule has 0 heterocycles. The predicted octanol–water partition coefficient (Wildman–Crippen LogP) is 1.72. The monoisotopic (exact) mass is 297 g/mol. The first-order valence-electron chi connectivity index (χ1n) is 8.13. The Hall–Kier alpha value is -1.10. The summed E-state index contributed by atoms with van der Waals surface area (Å²) in [7, 11) is 0. The summed E-state index contributed by atoms with van der Waals surface area (Å²) in [6, 6.07) is 0.0778. The molecule has 0 saturated heterocycles. The van der Waals surface area contributed by atoms with Crippen molar-refractivity contribution in [2.24, 2.45) is 0 Å². The van der Waals surface area contributed by atoms with Crippen LogP contribution in [0.1, 0.15) is 66.2 Å². The zero-order valence-electron chi connectivity index (χ0n) is 13.9. The molecule has 0 radical (unpaired) electrons. The van der Waals surface area contributed by atoms with Crippen LogP contribution in [0.5, 0.6) is 0 Å². The van der Waals surface area contributed by atoms with Gasteiger partial charge in [0.15, 0.2) is 0 Å². The third kappa shape index (κ3) is 8.05. The van der Waals surface area contributed by atoms with Gasteiger partial charge in [-0.15, -0.1) is 0 Å². The van der Waals surface area contributed by atoms with E-state index in [0.717, 1.165) is 12.8 Å². The minimum absolute atomic E-state index is 0.00916. The Morgan fingerprint density at radius 2 is 1.76 bits per heavy atom. The van der Waals surface area contributed by atoms with Crippen LogP contribution in [0.2, 0.25) is 0 Å². The Labute approximate surface area is 128 Å². The SMILES string of the molecule is CC(NCCC(=O)NC(C)(C)C)C(=O)NC1CCCCC1. The summed E-state index contributed by atoms with van der Waals surface area (Å²) < 4.78 is 0. The molecule has 1 aliphatic carbocycles. The molecule has 0 aromatic heterocycles. The molecule has 0 spiro atoms. The molecule has 3 N–H and O–H groups in total. The quantitative estimate of drug-likeness (QED) is 0.699. The summed E-state index contributed by atoms with van der Waals surface area (Å²) in [5.41, 5.74) is -0.207. The average Bonchev–Trinajstić information content (AvgIpc) is 2.37. The fourth-order valence-corrected chi connectivity index (χ4v) is 2.55. The Kier molecular flexibility index (Phi) is 7.15. The molecule has 21 heavy (non-hydrogen) atoms. The van der Waals surface area contributed by atoms with Crippen molar-refractivity contribution in [3.63, 3.8) is 0 Å². The minimum Gasteiger partial charge on any atom is -0.352 e. The first-order valence-corrected chi connectivity index (χ1v) is 8.13. The van der Waals surface area contributed by atoms with Gasteiger partial charge in [-0.3, -0.25) is 9.59 Å². The van der Waals surface area contributed by atoms with Gasteiger partial charge in [-0.1, -0.05) is 19.3 Å². The number of hydrogen-bond acceptors (Lipinski definition) is 3. The van der Waals surface area contributed by atoms with Crippen molar-refractivity contribution in [1.82, 2.24) is 16.0 Å². The molecule has 2 amide bonds. The van der Waals surface area contributed by atoms with Crippen molar-refractivity contribution in [1.29, 1.82) is 0 Å². The molecule has 122 valence electrons. The van der Waals surface area contributed by atoms with Crippen LogP contribution < -0.4 is 16.0 Å². The highest BCUT2D eigenvalue weighted by molar-refractivity contribution is 5.81. The highest BCUT2D eigenvalue weighted by atomic mass is 16.2. The Morgan fingerprint density at radius 3 is 2.33 bits per heavy atom. The van der Waals surface area contributed by atoms with Gasteiger partial charge in [0, 0.05) is 24.5 Å². The highest BCUT2D eigenvalue weighted by Crippen LogP contribution is 2.17. The van der Waals surface area contributed by atoms with Crippen LogP contribution in [-0.4, -0.2) is 36.0 Å². The molecule has 0 aromatic rings. The molecule has 1 fully saturated rings. The third-order valence-corrected chi connectivity index (χ3v) is 3.66. The molecule has 0 bridgehead atoms. The molecule has 0 aromatic carbocycles. The Bertz CT molecular complexity index is 344. The van der Waals surface area contributed by atoms with E-state index < -0.39 is 0 Å². The van der Waals surface area contributed by atoms with Crippen LogP contribution in [0.15, 0.2) is 0 Å². The summed E-state index contributed by atoms with van der Waals surface area (Å²) >= 11 is 0. The minimum atomic E-state index is -0.255. The van der Waals surface area contributed by atoms with Gasteiger partial charge in [-0.2, -0.15) is 0 Å². The van der Waals surface area contributed by atoms with Gasteiger partial charge in [-0.05, 0) is 40.5 Å². The highest BCUT2D eigenvalue weighted by Gasteiger charge is 2.19. The largest absolute Gasteiger partial charge is 0.352 e. The lowest BCUT2D eigenvalue weighted by atomic mass is 9.95. The van der Waals surface area contributed by atoms with Crippen LogP contribution >= 0.6 is 0 Å². The topological polar surface area (TPSA) is 70.2 Å². The summed E-state index contributed by atoms with van der Waals surface area (Å²) in [4.78, 5) is 23.7. The van der Waals surface area contributed by atoms with Crippen LogP contribution in [0.3, 0.4) is 0 Å². The fourth-order valence-electron chi connectivity index (χ4n) is 2.55. The zero-order valence-corrected chi connectivity index (χ0v) is 13.9. The van der Waals surface area contributed by atoms with Crippen molar-refractivity contribution in [3.05, 3.63) is 0 Å². The second-order valence-corrected chi connectivity index (χ2v) is 7.07. The molecule has 1 aliphatic rings. The number of nitrogens with one attached hydrogen (secondary N) is 3. The van der Waals surface area contributed by atoms with E-state index in [9.17, 15) is 9.59 Å². The molecule has 0 aliphatic heterocycles. The number of carbonyl (C=O) groups excluding carboxylic acids is 2. The first-order chi connectivity index (χ1) is 9.78. The summed E-state index contributed by atoms with van der Waals surface area (Å²) in [5, 5.41) is 9.12. The van der Waals surface area contributed by atoms with Gasteiger partial charge in [0.05, 0.1) is 6.04 Å². The normalized spacial score (nSPS) is 18.1. The van der Waals surface area contributed by atoms with Crippen molar-refractivity contribution in [3.8, 4) is 0 Å². The van der Waals surface area contributed by atoms with E-state index >= 15 is 0 Å². The number of hydrogen-bond donors (Lipinski definition) is 3. The summed E-state index contributed by atoms with van der Waals surface area (Å²) in [6.07, 6.45) is 6.26. The number of amides is 2. The van der Waals surface area contributed by atoms with Gasteiger partial charge in [-0.25, -0.2) is 0 Å². The van der Waals surface area contributed by atoms with Crippen LogP contribution in [0, 0.1) is 0 Å². The van der Waals surface area contributed by atoms with Gasteiger partial charge >= 0.3 is 0 Å². The molecular weight excluding hydrogens is 266 g/mol. The van der Waals surface area contributed by atoms with Crippen LogP contribution in [0.25, 0.3) is 0 Å². The molecule has 1 saturated carbocycles. The lowest BCUT2D eigenvalue weighted by Crippen LogP contribution is -2.48. The standard InChI is InChI=1S/C16H31N3O2/c1-12(15(21)18-13-8-6-5-7-9-13)17-11-10-14(20)19-16(2,3)4/h12-13,17H,5-11H2,1-4H3,(H,18,21)(H,19,20). The van der Waals surface area contributed by atoms with Gasteiger partial charge in [0.1, 0.15) is 0 Å². The van der Waals surface area contributed by atoms with Crippen molar-refractivity contribution >= 4 is 11.8 Å². The maximum Gasteiger partial charge on any atom is 0.237 e. The molecule has 1 rings (SSSR count). The molecule has 1 atom stereocenters. The molecule has 5 heteroatoms. The first kappa shape index (κ1) is 18.0. The van der Waals surface area contributed by atoms with Crippen molar-refractivity contribution < 1.29 is 9.59 Å². The van der Waals surface area contributed by atoms with Gasteiger partial charge in [0.25, 0.3) is 0 Å². The van der Waals surface area contributed by atoms with Gasteiger partial charge < -0.3 is 16.0 Å². The maximum absolute atomic E-state index is 12.0. The predicted molar refractivity (Wildman–Crippen MR) is 85.0 cm³/mol. The average molecular weight is 297 g/mol. The van der Waals surface area contributed by atoms with E-state index in [1.165, 1.54) is 19.3 Å². The second-order valence-electron chi connectivity index (χ2n) is 7.07. The van der Waals surface area contributed by atoms with Crippen molar-refractivity contribution in [2.45, 2.75) is 83.8 Å². The van der Waals surface area contributed by atoms with Crippen LogP contribution in [0.4, 0.5) is 0 Å². The Morgan fingerprint density at radius 1 is 1.14 bits per heavy atom.